The monoisotopic (exact) mass is 193 g/mol. The van der Waals surface area contributed by atoms with Crippen LogP contribution in [0, 0.1) is 0 Å². The van der Waals surface area contributed by atoms with E-state index in [1.165, 1.54) is 37.7 Å². The fourth-order valence-corrected chi connectivity index (χ4v) is 2.20. The second-order valence-electron chi connectivity index (χ2n) is 4.58. The number of aromatic amines is 1. The first-order valence-electron chi connectivity index (χ1n) is 5.51. The van der Waals surface area contributed by atoms with Gasteiger partial charge in [-0.25, -0.2) is 0 Å². The molecule has 0 saturated heterocycles. The van der Waals surface area contributed by atoms with Gasteiger partial charge in [-0.15, -0.1) is 0 Å². The van der Waals surface area contributed by atoms with E-state index in [0.717, 1.165) is 6.54 Å². The number of rotatable bonds is 3. The highest BCUT2D eigenvalue weighted by Gasteiger charge is 2.25. The maximum Gasteiger partial charge on any atom is 0.0532 e. The smallest absolute Gasteiger partial charge is 0.0532 e. The molecule has 2 N–H and O–H groups in total. The van der Waals surface area contributed by atoms with Gasteiger partial charge in [0.15, 0.2) is 0 Å². The zero-order valence-corrected chi connectivity index (χ0v) is 8.84. The van der Waals surface area contributed by atoms with E-state index in [0.29, 0.717) is 5.54 Å². The summed E-state index contributed by atoms with van der Waals surface area (Å²) in [6.45, 7) is 3.28. The third kappa shape index (κ3) is 2.35. The van der Waals surface area contributed by atoms with E-state index in [1.54, 1.807) is 0 Å². The molecule has 78 valence electrons. The van der Waals surface area contributed by atoms with Gasteiger partial charge in [0.05, 0.1) is 6.20 Å². The first-order valence-corrected chi connectivity index (χ1v) is 5.51. The van der Waals surface area contributed by atoms with Crippen LogP contribution in [0.15, 0.2) is 12.4 Å². The number of hydrogen-bond donors (Lipinski definition) is 2. The van der Waals surface area contributed by atoms with Gasteiger partial charge in [-0.05, 0) is 19.8 Å². The fourth-order valence-electron chi connectivity index (χ4n) is 2.20. The molecule has 0 aromatic carbocycles. The van der Waals surface area contributed by atoms with Crippen LogP contribution in [-0.4, -0.2) is 15.7 Å². The predicted octanol–water partition coefficient (Wildman–Crippen LogP) is 2.22. The van der Waals surface area contributed by atoms with E-state index in [2.05, 4.69) is 22.4 Å². The van der Waals surface area contributed by atoms with Gasteiger partial charge in [-0.3, -0.25) is 5.10 Å². The number of H-pyrrole nitrogens is 1. The van der Waals surface area contributed by atoms with Gasteiger partial charge in [0, 0.05) is 23.8 Å². The molecule has 1 aromatic heterocycles. The van der Waals surface area contributed by atoms with Crippen LogP contribution >= 0.6 is 0 Å². The Balaban J connectivity index is 1.84. The number of nitrogens with zero attached hydrogens (tertiary/aromatic N) is 1. The maximum absolute atomic E-state index is 3.94. The molecule has 0 atom stereocenters. The highest BCUT2D eigenvalue weighted by Crippen LogP contribution is 2.27. The summed E-state index contributed by atoms with van der Waals surface area (Å²) in [6.07, 6.45) is 10.6. The zero-order chi connectivity index (χ0) is 9.86. The third-order valence-corrected chi connectivity index (χ3v) is 3.23. The number of hydrogen-bond acceptors (Lipinski definition) is 2. The minimum Gasteiger partial charge on any atom is -0.307 e. The molecule has 1 aliphatic carbocycles. The summed E-state index contributed by atoms with van der Waals surface area (Å²) in [6, 6.07) is 0. The van der Waals surface area contributed by atoms with E-state index in [-0.39, 0.29) is 0 Å². The van der Waals surface area contributed by atoms with Crippen LogP contribution in [0.2, 0.25) is 0 Å². The Kier molecular flexibility index (Phi) is 2.87. The van der Waals surface area contributed by atoms with E-state index in [4.69, 9.17) is 0 Å². The molecule has 14 heavy (non-hydrogen) atoms. The fraction of sp³-hybridized carbons (Fsp3) is 0.727. The quantitative estimate of drug-likeness (QED) is 0.772. The van der Waals surface area contributed by atoms with Crippen molar-refractivity contribution in [3.8, 4) is 0 Å². The van der Waals surface area contributed by atoms with Crippen LogP contribution in [0.1, 0.15) is 44.6 Å². The summed E-state index contributed by atoms with van der Waals surface area (Å²) < 4.78 is 0. The van der Waals surface area contributed by atoms with Gasteiger partial charge in [-0.2, -0.15) is 5.10 Å². The molecular weight excluding hydrogens is 174 g/mol. The summed E-state index contributed by atoms with van der Waals surface area (Å²) in [7, 11) is 0. The van der Waals surface area contributed by atoms with Crippen molar-refractivity contribution in [1.82, 2.24) is 15.5 Å². The van der Waals surface area contributed by atoms with Crippen molar-refractivity contribution >= 4 is 0 Å². The lowest BCUT2D eigenvalue weighted by molar-refractivity contribution is 0.252. The molecule has 0 amide bonds. The Morgan fingerprint density at radius 1 is 1.43 bits per heavy atom. The van der Waals surface area contributed by atoms with Gasteiger partial charge in [-0.1, -0.05) is 19.3 Å². The van der Waals surface area contributed by atoms with E-state index in [9.17, 15) is 0 Å². The Morgan fingerprint density at radius 2 is 2.21 bits per heavy atom. The standard InChI is InChI=1S/C11H19N3/c1-11(5-3-2-4-6-11)12-7-10-8-13-14-9-10/h8-9,12H,2-7H2,1H3,(H,13,14). The molecule has 3 nitrogen and oxygen atoms in total. The summed E-state index contributed by atoms with van der Waals surface area (Å²) in [4.78, 5) is 0. The minimum absolute atomic E-state index is 0.357. The number of aromatic nitrogens is 2. The molecule has 3 heteroatoms. The molecular formula is C11H19N3. The third-order valence-electron chi connectivity index (χ3n) is 3.23. The lowest BCUT2D eigenvalue weighted by Crippen LogP contribution is -2.43. The molecule has 0 radical (unpaired) electrons. The molecule has 0 spiro atoms. The average molecular weight is 193 g/mol. The van der Waals surface area contributed by atoms with E-state index in [1.807, 2.05) is 12.4 Å². The van der Waals surface area contributed by atoms with E-state index < -0.39 is 0 Å². The van der Waals surface area contributed by atoms with Crippen molar-refractivity contribution in [3.05, 3.63) is 18.0 Å². The summed E-state index contributed by atoms with van der Waals surface area (Å²) in [5.41, 5.74) is 1.60. The van der Waals surface area contributed by atoms with Gasteiger partial charge >= 0.3 is 0 Å². The SMILES string of the molecule is CC1(NCc2cn[nH]c2)CCCCC1. The van der Waals surface area contributed by atoms with Crippen molar-refractivity contribution in [2.75, 3.05) is 0 Å². The molecule has 0 bridgehead atoms. The van der Waals surface area contributed by atoms with Crippen molar-refractivity contribution in [2.24, 2.45) is 0 Å². The van der Waals surface area contributed by atoms with Crippen molar-refractivity contribution in [2.45, 2.75) is 51.1 Å². The minimum atomic E-state index is 0.357. The lowest BCUT2D eigenvalue weighted by atomic mass is 9.83. The lowest BCUT2D eigenvalue weighted by Gasteiger charge is -2.34. The Labute approximate surface area is 85.3 Å². The molecule has 0 unspecified atom stereocenters. The molecule has 1 heterocycles. The zero-order valence-electron chi connectivity index (χ0n) is 8.84. The molecule has 1 saturated carbocycles. The van der Waals surface area contributed by atoms with Crippen LogP contribution < -0.4 is 5.32 Å². The molecule has 1 aliphatic rings. The second-order valence-corrected chi connectivity index (χ2v) is 4.58. The summed E-state index contributed by atoms with van der Waals surface area (Å²) in [5.74, 6) is 0. The Bertz CT molecular complexity index is 260. The number of nitrogens with one attached hydrogen (secondary N) is 2. The van der Waals surface area contributed by atoms with Crippen molar-refractivity contribution in [3.63, 3.8) is 0 Å². The Morgan fingerprint density at radius 3 is 2.86 bits per heavy atom. The van der Waals surface area contributed by atoms with E-state index >= 15 is 0 Å². The highest BCUT2D eigenvalue weighted by atomic mass is 15.1. The first kappa shape index (κ1) is 9.71. The molecule has 2 rings (SSSR count). The molecule has 1 aromatic rings. The van der Waals surface area contributed by atoms with Crippen LogP contribution in [0.5, 0.6) is 0 Å². The first-order chi connectivity index (χ1) is 6.79. The van der Waals surface area contributed by atoms with Crippen LogP contribution in [0.4, 0.5) is 0 Å². The summed E-state index contributed by atoms with van der Waals surface area (Å²) in [5, 5.41) is 10.4. The van der Waals surface area contributed by atoms with Gasteiger partial charge in [0.2, 0.25) is 0 Å². The predicted molar refractivity (Wildman–Crippen MR) is 56.9 cm³/mol. The van der Waals surface area contributed by atoms with Crippen molar-refractivity contribution < 1.29 is 0 Å². The molecule has 1 fully saturated rings. The normalized spacial score (nSPS) is 20.9. The van der Waals surface area contributed by atoms with Crippen LogP contribution in [0.25, 0.3) is 0 Å². The molecule has 0 aliphatic heterocycles. The largest absolute Gasteiger partial charge is 0.307 e. The van der Waals surface area contributed by atoms with Gasteiger partial charge in [0.25, 0.3) is 0 Å². The topological polar surface area (TPSA) is 40.7 Å². The van der Waals surface area contributed by atoms with Gasteiger partial charge < -0.3 is 5.32 Å². The Hall–Kier alpha value is -0.830. The summed E-state index contributed by atoms with van der Waals surface area (Å²) >= 11 is 0. The van der Waals surface area contributed by atoms with Crippen LogP contribution in [-0.2, 0) is 6.54 Å². The van der Waals surface area contributed by atoms with Crippen molar-refractivity contribution in [1.29, 1.82) is 0 Å². The maximum atomic E-state index is 3.94. The second kappa shape index (κ2) is 4.13. The van der Waals surface area contributed by atoms with Gasteiger partial charge in [0.1, 0.15) is 0 Å². The van der Waals surface area contributed by atoms with Crippen LogP contribution in [0.3, 0.4) is 0 Å². The highest BCUT2D eigenvalue weighted by molar-refractivity contribution is 5.03. The average Bonchev–Trinajstić information content (AvgIpc) is 2.69.